The van der Waals surface area contributed by atoms with Crippen LogP contribution in [0.5, 0.6) is 5.75 Å². The highest BCUT2D eigenvalue weighted by atomic mass is 32.2. The predicted octanol–water partition coefficient (Wildman–Crippen LogP) is 2.90. The lowest BCUT2D eigenvalue weighted by Gasteiger charge is -2.13. The van der Waals surface area contributed by atoms with Crippen LogP contribution in [0.3, 0.4) is 0 Å². The van der Waals surface area contributed by atoms with Gasteiger partial charge < -0.3 is 4.74 Å². The molecule has 0 unspecified atom stereocenters. The van der Waals surface area contributed by atoms with Crippen molar-refractivity contribution in [1.82, 2.24) is 20.2 Å². The third-order valence-corrected chi connectivity index (χ3v) is 5.19. The van der Waals surface area contributed by atoms with Crippen molar-refractivity contribution < 1.29 is 30.5 Å². The number of methoxy groups -OCH3 is 1. The highest BCUT2D eigenvalue weighted by Crippen LogP contribution is 2.30. The van der Waals surface area contributed by atoms with Gasteiger partial charge in [-0.2, -0.15) is 26.3 Å². The van der Waals surface area contributed by atoms with E-state index >= 15 is 0 Å². The van der Waals surface area contributed by atoms with Gasteiger partial charge in [-0.1, -0.05) is 17.7 Å². The van der Waals surface area contributed by atoms with Gasteiger partial charge in [0.25, 0.3) is 15.9 Å². The van der Waals surface area contributed by atoms with Gasteiger partial charge in [0.2, 0.25) is 0 Å². The number of aryl methyl sites for hydroxylation is 1. The average molecular weight is 428 g/mol. The van der Waals surface area contributed by atoms with Gasteiger partial charge in [0.1, 0.15) is 5.75 Å². The van der Waals surface area contributed by atoms with Gasteiger partial charge in [-0.05, 0) is 47.7 Å². The maximum Gasteiger partial charge on any atom is 0.453 e. The first-order valence-electron chi connectivity index (χ1n) is 8.11. The number of alkyl halides is 3. The van der Waals surface area contributed by atoms with Crippen molar-refractivity contribution in [1.29, 1.82) is 0 Å². The van der Waals surface area contributed by atoms with Crippen molar-refractivity contribution in [3.8, 4) is 11.4 Å². The fraction of sp³-hybridized carbons (Fsp3) is 0.235. The Morgan fingerprint density at radius 2 is 1.79 bits per heavy atom. The molecule has 0 atom stereocenters. The minimum atomic E-state index is -4.77. The Morgan fingerprint density at radius 3 is 2.41 bits per heavy atom. The first-order chi connectivity index (χ1) is 13.6. The van der Waals surface area contributed by atoms with Crippen LogP contribution >= 0.6 is 0 Å². The number of hydrogen-bond acceptors (Lipinski definition) is 7. The largest absolute Gasteiger partial charge is 0.496 e. The zero-order valence-corrected chi connectivity index (χ0v) is 16.0. The minimum Gasteiger partial charge on any atom is -0.496 e. The molecule has 154 valence electrons. The van der Waals surface area contributed by atoms with E-state index in [1.807, 2.05) is 6.92 Å². The van der Waals surface area contributed by atoms with Gasteiger partial charge in [0, 0.05) is 5.56 Å². The topological polar surface area (TPSA) is 96.2 Å². The quantitative estimate of drug-likeness (QED) is 0.557. The molecule has 12 heteroatoms. The molecule has 1 heterocycles. The fourth-order valence-corrected chi connectivity index (χ4v) is 3.35. The summed E-state index contributed by atoms with van der Waals surface area (Å²) in [4.78, 5) is -0.0435. The van der Waals surface area contributed by atoms with Crippen LogP contribution in [0, 0.1) is 6.92 Å². The molecule has 0 radical (unpaired) electrons. The van der Waals surface area contributed by atoms with E-state index in [2.05, 4.69) is 15.5 Å². The molecule has 0 saturated heterocycles. The molecule has 0 fully saturated rings. The molecule has 0 spiro atoms. The van der Waals surface area contributed by atoms with E-state index in [-0.39, 0.29) is 21.9 Å². The van der Waals surface area contributed by atoms with Gasteiger partial charge in [-0.15, -0.1) is 5.10 Å². The van der Waals surface area contributed by atoms with Gasteiger partial charge in [-0.3, -0.25) is 4.18 Å². The summed E-state index contributed by atoms with van der Waals surface area (Å²) >= 11 is 0. The molecule has 3 aromatic rings. The Bertz CT molecular complexity index is 1110. The fourth-order valence-electron chi connectivity index (χ4n) is 2.46. The number of tetrazole rings is 1. The third kappa shape index (κ3) is 4.54. The molecule has 0 saturated carbocycles. The van der Waals surface area contributed by atoms with Gasteiger partial charge in [-0.25, -0.2) is 0 Å². The Balaban J connectivity index is 1.91. The number of ether oxygens (including phenoxy) is 1. The summed E-state index contributed by atoms with van der Waals surface area (Å²) in [6.45, 7) is 1.35. The van der Waals surface area contributed by atoms with E-state index < -0.39 is 28.7 Å². The van der Waals surface area contributed by atoms with Crippen LogP contribution in [0.25, 0.3) is 5.69 Å². The van der Waals surface area contributed by atoms with Crippen LogP contribution in [0.1, 0.15) is 17.0 Å². The second-order valence-corrected chi connectivity index (χ2v) is 7.55. The summed E-state index contributed by atoms with van der Waals surface area (Å²) in [5.41, 5.74) is 1.04. The van der Waals surface area contributed by atoms with Crippen LogP contribution in [0.4, 0.5) is 13.2 Å². The first kappa shape index (κ1) is 20.7. The molecule has 0 amide bonds. The number of aromatic nitrogens is 4. The summed E-state index contributed by atoms with van der Waals surface area (Å²) in [6.07, 6.45) is -4.77. The maximum absolute atomic E-state index is 13.0. The molecule has 1 aromatic heterocycles. The van der Waals surface area contributed by atoms with Crippen LogP contribution in [-0.2, 0) is 27.1 Å². The molecule has 0 N–H and O–H groups in total. The molecular formula is C17H15F3N4O4S. The van der Waals surface area contributed by atoms with Crippen molar-refractivity contribution >= 4 is 10.1 Å². The second kappa shape index (κ2) is 7.79. The monoisotopic (exact) mass is 428 g/mol. The number of rotatable bonds is 6. The summed E-state index contributed by atoms with van der Waals surface area (Å²) in [5.74, 6) is -1.09. The Hall–Kier alpha value is -2.99. The zero-order valence-electron chi connectivity index (χ0n) is 15.2. The van der Waals surface area contributed by atoms with E-state index in [9.17, 15) is 21.6 Å². The average Bonchev–Trinajstić information content (AvgIpc) is 3.17. The molecule has 0 bridgehead atoms. The molecule has 0 aliphatic rings. The second-order valence-electron chi connectivity index (χ2n) is 5.94. The van der Waals surface area contributed by atoms with Crippen molar-refractivity contribution in [3.05, 3.63) is 59.4 Å². The van der Waals surface area contributed by atoms with E-state index in [1.54, 1.807) is 12.1 Å². The number of halogens is 3. The van der Waals surface area contributed by atoms with Crippen LogP contribution in [0.2, 0.25) is 0 Å². The number of nitrogens with zero attached hydrogens (tertiary/aromatic N) is 4. The lowest BCUT2D eigenvalue weighted by atomic mass is 10.2. The molecular weight excluding hydrogens is 413 g/mol. The van der Waals surface area contributed by atoms with E-state index in [1.165, 1.54) is 37.4 Å². The summed E-state index contributed by atoms with van der Waals surface area (Å²) in [6, 6.07) is 9.97. The SMILES string of the molecule is COc1ccc(-n2nnnc2C(F)(F)F)cc1COS(=O)(=O)c1ccc(C)cc1. The Labute approximate surface area is 164 Å². The number of benzene rings is 2. The highest BCUT2D eigenvalue weighted by Gasteiger charge is 2.38. The van der Waals surface area contributed by atoms with Crippen molar-refractivity contribution in [3.63, 3.8) is 0 Å². The number of hydrogen-bond donors (Lipinski definition) is 0. The van der Waals surface area contributed by atoms with Crippen molar-refractivity contribution in [2.75, 3.05) is 7.11 Å². The van der Waals surface area contributed by atoms with Crippen molar-refractivity contribution in [2.24, 2.45) is 0 Å². The maximum atomic E-state index is 13.0. The van der Waals surface area contributed by atoms with Crippen LogP contribution < -0.4 is 4.74 Å². The lowest BCUT2D eigenvalue weighted by Crippen LogP contribution is -2.15. The molecule has 29 heavy (non-hydrogen) atoms. The van der Waals surface area contributed by atoms with Gasteiger partial charge in [0.05, 0.1) is 24.3 Å². The lowest BCUT2D eigenvalue weighted by molar-refractivity contribution is -0.146. The van der Waals surface area contributed by atoms with Crippen molar-refractivity contribution in [2.45, 2.75) is 24.6 Å². The Kier molecular flexibility index (Phi) is 5.57. The van der Waals surface area contributed by atoms with Crippen LogP contribution in [-0.4, -0.2) is 35.7 Å². The summed E-state index contributed by atoms with van der Waals surface area (Å²) < 4.78 is 74.6. The first-order valence-corrected chi connectivity index (χ1v) is 9.51. The van der Waals surface area contributed by atoms with Gasteiger partial charge in [0.15, 0.2) is 0 Å². The third-order valence-electron chi connectivity index (χ3n) is 3.91. The van der Waals surface area contributed by atoms with Crippen LogP contribution in [0.15, 0.2) is 47.4 Å². The van der Waals surface area contributed by atoms with Gasteiger partial charge >= 0.3 is 6.18 Å². The zero-order chi connectivity index (χ0) is 21.2. The molecule has 8 nitrogen and oxygen atoms in total. The normalized spacial score (nSPS) is 12.2. The molecule has 0 aliphatic heterocycles. The summed E-state index contributed by atoms with van der Waals surface area (Å²) in [7, 11) is -2.74. The van der Waals surface area contributed by atoms with E-state index in [0.29, 0.717) is 4.68 Å². The summed E-state index contributed by atoms with van der Waals surface area (Å²) in [5, 5.41) is 9.39. The minimum absolute atomic E-state index is 0.0329. The standard InChI is InChI=1S/C17H15F3N4O4S/c1-11-3-6-14(7-4-11)29(25,26)28-10-12-9-13(5-8-15(12)27-2)24-16(17(18,19)20)21-22-23-24/h3-9H,10H2,1-2H3. The predicted molar refractivity (Wildman–Crippen MR) is 93.9 cm³/mol. The smallest absolute Gasteiger partial charge is 0.453 e. The highest BCUT2D eigenvalue weighted by molar-refractivity contribution is 7.86. The molecule has 0 aliphatic carbocycles. The van der Waals surface area contributed by atoms with E-state index in [4.69, 9.17) is 8.92 Å². The Morgan fingerprint density at radius 1 is 1.10 bits per heavy atom. The van der Waals surface area contributed by atoms with E-state index in [0.717, 1.165) is 5.56 Å². The molecule has 3 rings (SSSR count). The molecule has 2 aromatic carbocycles.